The fourth-order valence-corrected chi connectivity index (χ4v) is 5.84. The van der Waals surface area contributed by atoms with Gasteiger partial charge in [0.2, 0.25) is 15.9 Å². The molecule has 1 saturated carbocycles. The number of nitrogens with one attached hydrogen (secondary N) is 1. The van der Waals surface area contributed by atoms with E-state index in [0.717, 1.165) is 18.4 Å². The van der Waals surface area contributed by atoms with Crippen LogP contribution in [0.25, 0.3) is 0 Å². The van der Waals surface area contributed by atoms with Crippen LogP contribution in [-0.2, 0) is 14.8 Å². The molecule has 2 aliphatic rings. The summed E-state index contributed by atoms with van der Waals surface area (Å²) < 4.78 is 27.4. The SMILES string of the molecule is Cc1ccc(C(NC(=O)C2CCN(S(=O)(=O)c3ccccc3C#N)CC2)C2CC2)cc1. The van der Waals surface area contributed by atoms with Gasteiger partial charge < -0.3 is 5.32 Å². The minimum Gasteiger partial charge on any atom is -0.349 e. The molecule has 2 aromatic rings. The van der Waals surface area contributed by atoms with Gasteiger partial charge in [0, 0.05) is 19.0 Å². The maximum absolute atomic E-state index is 13.0. The molecule has 1 unspecified atom stereocenters. The molecular weight excluding hydrogens is 410 g/mol. The monoisotopic (exact) mass is 437 g/mol. The van der Waals surface area contributed by atoms with Crippen LogP contribution in [0, 0.1) is 30.1 Å². The van der Waals surface area contributed by atoms with Gasteiger partial charge in [-0.3, -0.25) is 4.79 Å². The highest BCUT2D eigenvalue weighted by Crippen LogP contribution is 2.41. The van der Waals surface area contributed by atoms with E-state index < -0.39 is 10.0 Å². The fraction of sp³-hybridized carbons (Fsp3) is 0.417. The minimum absolute atomic E-state index is 0.00643. The van der Waals surface area contributed by atoms with Gasteiger partial charge in [-0.15, -0.1) is 0 Å². The third-order valence-corrected chi connectivity index (χ3v) is 8.23. The second-order valence-corrected chi connectivity index (χ2v) is 10.4. The average Bonchev–Trinajstić information content (AvgIpc) is 3.63. The summed E-state index contributed by atoms with van der Waals surface area (Å²) >= 11 is 0. The largest absolute Gasteiger partial charge is 0.349 e. The number of amides is 1. The summed E-state index contributed by atoms with van der Waals surface area (Å²) in [5.74, 6) is 0.283. The molecule has 1 atom stereocenters. The van der Waals surface area contributed by atoms with Gasteiger partial charge in [0.1, 0.15) is 6.07 Å². The maximum atomic E-state index is 13.0. The number of carbonyl (C=O) groups is 1. The van der Waals surface area contributed by atoms with Gasteiger partial charge in [-0.1, -0.05) is 42.0 Å². The molecule has 162 valence electrons. The van der Waals surface area contributed by atoms with E-state index in [-0.39, 0.29) is 41.4 Å². The van der Waals surface area contributed by atoms with Gasteiger partial charge in [-0.2, -0.15) is 9.57 Å². The summed E-state index contributed by atoms with van der Waals surface area (Å²) in [6.07, 6.45) is 3.19. The number of hydrogen-bond donors (Lipinski definition) is 1. The molecular formula is C24H27N3O3S. The van der Waals surface area contributed by atoms with Crippen molar-refractivity contribution < 1.29 is 13.2 Å². The molecule has 1 saturated heterocycles. The number of benzene rings is 2. The quantitative estimate of drug-likeness (QED) is 0.748. The van der Waals surface area contributed by atoms with Crippen LogP contribution in [0.5, 0.6) is 0 Å². The molecule has 1 aliphatic heterocycles. The Kier molecular flexibility index (Phi) is 6.12. The smallest absolute Gasteiger partial charge is 0.244 e. The second kappa shape index (κ2) is 8.81. The van der Waals surface area contributed by atoms with Crippen LogP contribution < -0.4 is 5.32 Å². The summed E-state index contributed by atoms with van der Waals surface area (Å²) in [4.78, 5) is 13.0. The van der Waals surface area contributed by atoms with Crippen LogP contribution in [0.1, 0.15) is 48.4 Å². The van der Waals surface area contributed by atoms with Crippen molar-refractivity contribution in [2.75, 3.05) is 13.1 Å². The van der Waals surface area contributed by atoms with Gasteiger partial charge in [-0.25, -0.2) is 8.42 Å². The average molecular weight is 438 g/mol. The zero-order chi connectivity index (χ0) is 22.0. The lowest BCUT2D eigenvalue weighted by Crippen LogP contribution is -2.44. The normalized spacial score (nSPS) is 18.8. The molecule has 6 nitrogen and oxygen atoms in total. The maximum Gasteiger partial charge on any atom is 0.244 e. The van der Waals surface area contributed by atoms with Crippen molar-refractivity contribution in [2.45, 2.75) is 43.5 Å². The van der Waals surface area contributed by atoms with E-state index in [1.165, 1.54) is 22.0 Å². The van der Waals surface area contributed by atoms with Gasteiger partial charge in [0.15, 0.2) is 0 Å². The first-order chi connectivity index (χ1) is 14.9. The first-order valence-corrected chi connectivity index (χ1v) is 12.2. The van der Waals surface area contributed by atoms with Crippen LogP contribution >= 0.6 is 0 Å². The number of nitrogens with zero attached hydrogens (tertiary/aromatic N) is 2. The van der Waals surface area contributed by atoms with E-state index in [0.29, 0.717) is 18.8 Å². The van der Waals surface area contributed by atoms with Gasteiger partial charge in [0.25, 0.3) is 0 Å². The Morgan fingerprint density at radius 3 is 2.32 bits per heavy atom. The van der Waals surface area contributed by atoms with Crippen molar-refractivity contribution in [3.05, 3.63) is 65.2 Å². The first kappa shape index (κ1) is 21.5. The molecule has 0 aromatic heterocycles. The van der Waals surface area contributed by atoms with Crippen molar-refractivity contribution in [1.82, 2.24) is 9.62 Å². The molecule has 4 rings (SSSR count). The Balaban J connectivity index is 1.41. The third kappa shape index (κ3) is 4.65. The van der Waals surface area contributed by atoms with E-state index in [1.54, 1.807) is 12.1 Å². The Morgan fingerprint density at radius 1 is 1.06 bits per heavy atom. The Labute approximate surface area is 183 Å². The molecule has 2 fully saturated rings. The number of nitriles is 1. The lowest BCUT2D eigenvalue weighted by molar-refractivity contribution is -0.127. The third-order valence-electron chi connectivity index (χ3n) is 6.28. The fourth-order valence-electron chi connectivity index (χ4n) is 4.23. The zero-order valence-electron chi connectivity index (χ0n) is 17.6. The van der Waals surface area contributed by atoms with Crippen molar-refractivity contribution in [2.24, 2.45) is 11.8 Å². The number of carbonyl (C=O) groups excluding carboxylic acids is 1. The summed E-state index contributed by atoms with van der Waals surface area (Å²) in [6.45, 7) is 2.60. The summed E-state index contributed by atoms with van der Waals surface area (Å²) in [5, 5.41) is 12.5. The van der Waals surface area contributed by atoms with Gasteiger partial charge in [-0.05, 0) is 56.2 Å². The molecule has 2 aromatic carbocycles. The zero-order valence-corrected chi connectivity index (χ0v) is 18.4. The lowest BCUT2D eigenvalue weighted by Gasteiger charge is -2.31. The van der Waals surface area contributed by atoms with E-state index in [9.17, 15) is 18.5 Å². The predicted molar refractivity (Wildman–Crippen MR) is 117 cm³/mol. The predicted octanol–water partition coefficient (Wildman–Crippen LogP) is 3.53. The van der Waals surface area contributed by atoms with Crippen molar-refractivity contribution in [1.29, 1.82) is 5.26 Å². The summed E-state index contributed by atoms with van der Waals surface area (Å²) in [5.41, 5.74) is 2.47. The van der Waals surface area contributed by atoms with Gasteiger partial charge >= 0.3 is 0 Å². The topological polar surface area (TPSA) is 90.3 Å². The Bertz CT molecular complexity index is 1090. The Hall–Kier alpha value is -2.69. The number of sulfonamides is 1. The molecule has 0 radical (unpaired) electrons. The van der Waals surface area contributed by atoms with Crippen molar-refractivity contribution >= 4 is 15.9 Å². The van der Waals surface area contributed by atoms with E-state index in [1.807, 2.05) is 13.0 Å². The second-order valence-electron chi connectivity index (χ2n) is 8.52. The highest BCUT2D eigenvalue weighted by molar-refractivity contribution is 7.89. The van der Waals surface area contributed by atoms with E-state index in [2.05, 4.69) is 29.6 Å². The van der Waals surface area contributed by atoms with Gasteiger partial charge in [0.05, 0.1) is 16.5 Å². The van der Waals surface area contributed by atoms with Crippen LogP contribution in [0.15, 0.2) is 53.4 Å². The molecule has 31 heavy (non-hydrogen) atoms. The van der Waals surface area contributed by atoms with E-state index in [4.69, 9.17) is 0 Å². The molecule has 0 spiro atoms. The Morgan fingerprint density at radius 2 is 1.71 bits per heavy atom. The van der Waals surface area contributed by atoms with E-state index >= 15 is 0 Å². The van der Waals surface area contributed by atoms with Crippen LogP contribution in [0.2, 0.25) is 0 Å². The van der Waals surface area contributed by atoms with Crippen LogP contribution in [0.4, 0.5) is 0 Å². The van der Waals surface area contributed by atoms with Crippen LogP contribution in [-0.4, -0.2) is 31.7 Å². The summed E-state index contributed by atoms with van der Waals surface area (Å²) in [7, 11) is -3.75. The van der Waals surface area contributed by atoms with Crippen molar-refractivity contribution in [3.8, 4) is 6.07 Å². The minimum atomic E-state index is -3.75. The van der Waals surface area contributed by atoms with Crippen molar-refractivity contribution in [3.63, 3.8) is 0 Å². The number of piperidine rings is 1. The molecule has 0 bridgehead atoms. The highest BCUT2D eigenvalue weighted by atomic mass is 32.2. The molecule has 1 N–H and O–H groups in total. The number of aryl methyl sites for hydroxylation is 1. The lowest BCUT2D eigenvalue weighted by atomic mass is 9.95. The molecule has 1 heterocycles. The summed E-state index contributed by atoms with van der Waals surface area (Å²) in [6, 6.07) is 16.5. The highest BCUT2D eigenvalue weighted by Gasteiger charge is 2.37. The number of hydrogen-bond acceptors (Lipinski definition) is 4. The number of rotatable bonds is 6. The molecule has 1 aliphatic carbocycles. The molecule has 7 heteroatoms. The van der Waals surface area contributed by atoms with Crippen LogP contribution in [0.3, 0.4) is 0 Å². The first-order valence-electron chi connectivity index (χ1n) is 10.8. The standard InChI is InChI=1S/C24H27N3O3S/c1-17-6-8-18(9-7-17)23(19-10-11-19)26-24(28)20-12-14-27(15-13-20)31(29,30)22-5-3-2-4-21(22)16-25/h2-9,19-20,23H,10-15H2,1H3,(H,26,28). The molecule has 1 amide bonds.